The van der Waals surface area contributed by atoms with Crippen molar-refractivity contribution in [3.05, 3.63) is 65.6 Å². The average Bonchev–Trinajstić information content (AvgIpc) is 2.80. The van der Waals surface area contributed by atoms with Crippen LogP contribution in [0.3, 0.4) is 0 Å². The summed E-state index contributed by atoms with van der Waals surface area (Å²) in [6, 6.07) is 13.7. The molecule has 2 fully saturated rings. The van der Waals surface area contributed by atoms with E-state index < -0.39 is 0 Å². The number of ether oxygens (including phenoxy) is 1. The van der Waals surface area contributed by atoms with Crippen LogP contribution in [0, 0.1) is 29.5 Å². The van der Waals surface area contributed by atoms with Crippen molar-refractivity contribution in [3.8, 4) is 5.75 Å². The van der Waals surface area contributed by atoms with Gasteiger partial charge in [-0.05, 0) is 98.4 Å². The first-order chi connectivity index (χ1) is 15.9. The van der Waals surface area contributed by atoms with Crippen LogP contribution in [0.2, 0.25) is 5.02 Å². The summed E-state index contributed by atoms with van der Waals surface area (Å²) in [7, 11) is 0. The second kappa shape index (κ2) is 9.30. The van der Waals surface area contributed by atoms with Crippen molar-refractivity contribution < 1.29 is 13.9 Å². The predicted octanol–water partition coefficient (Wildman–Crippen LogP) is 6.88. The van der Waals surface area contributed by atoms with Crippen LogP contribution in [0.4, 0.5) is 10.1 Å². The second-order valence-corrected chi connectivity index (χ2v) is 10.1. The van der Waals surface area contributed by atoms with Gasteiger partial charge >= 0.3 is 0 Å². The van der Waals surface area contributed by atoms with Crippen LogP contribution in [0.25, 0.3) is 10.9 Å². The fourth-order valence-electron chi connectivity index (χ4n) is 5.72. The summed E-state index contributed by atoms with van der Waals surface area (Å²) < 4.78 is 20.2. The molecule has 0 aliphatic heterocycles. The molecule has 4 nitrogen and oxygen atoms in total. The number of rotatable bonds is 5. The number of nitrogens with zero attached hydrogens (tertiary/aromatic N) is 1. The third kappa shape index (κ3) is 4.98. The van der Waals surface area contributed by atoms with Gasteiger partial charge in [-0.1, -0.05) is 18.5 Å². The predicted molar refractivity (Wildman–Crippen MR) is 129 cm³/mol. The largest absolute Gasteiger partial charge is 0.490 e. The van der Waals surface area contributed by atoms with E-state index in [9.17, 15) is 9.18 Å². The molecule has 1 N–H and O–H groups in total. The summed E-state index contributed by atoms with van der Waals surface area (Å²) in [5.41, 5.74) is 1.52. The van der Waals surface area contributed by atoms with Gasteiger partial charge in [0.25, 0.3) is 0 Å². The van der Waals surface area contributed by atoms with Crippen LogP contribution in [-0.2, 0) is 4.79 Å². The van der Waals surface area contributed by atoms with Crippen LogP contribution < -0.4 is 10.1 Å². The molecule has 1 amide bonds. The Bertz CT molecular complexity index is 1140. The van der Waals surface area contributed by atoms with Crippen molar-refractivity contribution in [2.75, 3.05) is 5.32 Å². The molecule has 2 aliphatic rings. The molecule has 2 aliphatic carbocycles. The lowest BCUT2D eigenvalue weighted by Crippen LogP contribution is -2.39. The molecule has 3 aromatic rings. The van der Waals surface area contributed by atoms with Gasteiger partial charge in [-0.2, -0.15) is 0 Å². The zero-order valence-electron chi connectivity index (χ0n) is 18.6. The fraction of sp³-hybridized carbons (Fsp3) is 0.407. The topological polar surface area (TPSA) is 51.2 Å². The van der Waals surface area contributed by atoms with Crippen LogP contribution in [0.15, 0.2) is 54.7 Å². The number of nitrogens with one attached hydrogen (secondary N) is 1. The van der Waals surface area contributed by atoms with E-state index in [1.807, 2.05) is 25.1 Å². The van der Waals surface area contributed by atoms with E-state index >= 15 is 0 Å². The summed E-state index contributed by atoms with van der Waals surface area (Å²) >= 11 is 5.94. The smallest absolute Gasteiger partial charge is 0.227 e. The summed E-state index contributed by atoms with van der Waals surface area (Å²) in [4.78, 5) is 17.2. The molecule has 2 saturated carbocycles. The Morgan fingerprint density at radius 1 is 1.06 bits per heavy atom. The van der Waals surface area contributed by atoms with Crippen molar-refractivity contribution in [2.24, 2.45) is 23.7 Å². The van der Waals surface area contributed by atoms with E-state index in [0.717, 1.165) is 42.3 Å². The Hall–Kier alpha value is -2.66. The lowest BCUT2D eigenvalue weighted by molar-refractivity contribution is -0.122. The van der Waals surface area contributed by atoms with Crippen molar-refractivity contribution >= 4 is 34.1 Å². The highest BCUT2D eigenvalue weighted by Crippen LogP contribution is 2.46. The third-order valence-corrected chi connectivity index (χ3v) is 7.57. The van der Waals surface area contributed by atoms with E-state index in [1.54, 1.807) is 24.4 Å². The number of aromatic nitrogens is 1. The standard InChI is InChI=1S/C27H28ClFN2O2/c1-16(27(32)31-22-5-2-20(28)3-6-22)19-11-17-10-18(12-19)14-23(13-17)33-26-8-9-30-25-7-4-21(29)15-24(25)26/h2-9,15-19,23H,10-14H2,1H3,(H,31,32). The maximum Gasteiger partial charge on any atom is 0.227 e. The Balaban J connectivity index is 1.22. The van der Waals surface area contributed by atoms with Crippen molar-refractivity contribution in [2.45, 2.75) is 45.1 Å². The molecule has 0 radical (unpaired) electrons. The van der Waals surface area contributed by atoms with Gasteiger partial charge in [0.1, 0.15) is 11.6 Å². The Morgan fingerprint density at radius 2 is 1.79 bits per heavy atom. The number of halogens is 2. The monoisotopic (exact) mass is 466 g/mol. The Kier molecular flexibility index (Phi) is 6.24. The molecule has 3 atom stereocenters. The Morgan fingerprint density at radius 3 is 2.52 bits per heavy atom. The first kappa shape index (κ1) is 22.1. The average molecular weight is 467 g/mol. The van der Waals surface area contributed by atoms with Gasteiger partial charge in [0, 0.05) is 28.2 Å². The molecule has 6 heteroatoms. The lowest BCUT2D eigenvalue weighted by atomic mass is 9.64. The van der Waals surface area contributed by atoms with Crippen LogP contribution >= 0.6 is 11.6 Å². The van der Waals surface area contributed by atoms with Gasteiger partial charge < -0.3 is 10.1 Å². The summed E-state index contributed by atoms with van der Waals surface area (Å²) in [6.07, 6.45) is 7.05. The highest BCUT2D eigenvalue weighted by Gasteiger charge is 2.40. The second-order valence-electron chi connectivity index (χ2n) is 9.67. The zero-order valence-corrected chi connectivity index (χ0v) is 19.4. The van der Waals surface area contributed by atoms with Gasteiger partial charge in [-0.3, -0.25) is 9.78 Å². The normalized spacial score (nSPS) is 25.4. The SMILES string of the molecule is CC(C(=O)Nc1ccc(Cl)cc1)C1CC2CC(CC(Oc3ccnc4ccc(F)cc34)C2)C1. The highest BCUT2D eigenvalue weighted by atomic mass is 35.5. The molecular weight excluding hydrogens is 439 g/mol. The molecule has 0 spiro atoms. The van der Waals surface area contributed by atoms with Gasteiger partial charge in [-0.25, -0.2) is 4.39 Å². The minimum absolute atomic E-state index is 0.0458. The lowest BCUT2D eigenvalue weighted by Gasteiger charge is -2.43. The molecule has 172 valence electrons. The quantitative estimate of drug-likeness (QED) is 0.446. The summed E-state index contributed by atoms with van der Waals surface area (Å²) in [6.45, 7) is 2.04. The number of hydrogen-bond acceptors (Lipinski definition) is 3. The van der Waals surface area contributed by atoms with Gasteiger partial charge in [0.05, 0.1) is 11.6 Å². The molecule has 5 rings (SSSR count). The number of amides is 1. The number of carbonyl (C=O) groups is 1. The van der Waals surface area contributed by atoms with E-state index in [0.29, 0.717) is 28.5 Å². The van der Waals surface area contributed by atoms with Gasteiger partial charge in [0.15, 0.2) is 0 Å². The van der Waals surface area contributed by atoms with Crippen molar-refractivity contribution in [1.82, 2.24) is 4.98 Å². The molecule has 0 saturated heterocycles. The first-order valence-electron chi connectivity index (χ1n) is 11.7. The highest BCUT2D eigenvalue weighted by molar-refractivity contribution is 6.30. The van der Waals surface area contributed by atoms with Crippen molar-refractivity contribution in [3.63, 3.8) is 0 Å². The van der Waals surface area contributed by atoms with Crippen LogP contribution in [0.5, 0.6) is 5.75 Å². The van der Waals surface area contributed by atoms with Crippen molar-refractivity contribution in [1.29, 1.82) is 0 Å². The molecule has 1 aromatic heterocycles. The minimum atomic E-state index is -0.283. The number of carbonyl (C=O) groups excluding carboxylic acids is 1. The van der Waals surface area contributed by atoms with Gasteiger partial charge in [0.2, 0.25) is 5.91 Å². The fourth-order valence-corrected chi connectivity index (χ4v) is 5.85. The molecule has 33 heavy (non-hydrogen) atoms. The number of benzene rings is 2. The minimum Gasteiger partial charge on any atom is -0.490 e. The van der Waals surface area contributed by atoms with Crippen LogP contribution in [0.1, 0.15) is 39.0 Å². The van der Waals surface area contributed by atoms with E-state index in [2.05, 4.69) is 10.3 Å². The van der Waals surface area contributed by atoms with E-state index in [4.69, 9.17) is 16.3 Å². The number of pyridine rings is 1. The number of hydrogen-bond donors (Lipinski definition) is 1. The van der Waals surface area contributed by atoms with E-state index in [-0.39, 0.29) is 23.7 Å². The number of fused-ring (bicyclic) bond motifs is 3. The first-order valence-corrected chi connectivity index (χ1v) is 12.1. The maximum atomic E-state index is 13.8. The molecular formula is C27H28ClFN2O2. The van der Waals surface area contributed by atoms with Gasteiger partial charge in [-0.15, -0.1) is 0 Å². The Labute approximate surface area is 198 Å². The van der Waals surface area contributed by atoms with E-state index in [1.165, 1.54) is 18.6 Å². The zero-order chi connectivity index (χ0) is 22.9. The number of anilines is 1. The van der Waals surface area contributed by atoms with Crippen LogP contribution in [-0.4, -0.2) is 17.0 Å². The molecule has 3 unspecified atom stereocenters. The molecule has 2 bridgehead atoms. The third-order valence-electron chi connectivity index (χ3n) is 7.32. The maximum absolute atomic E-state index is 13.8. The summed E-state index contributed by atoms with van der Waals surface area (Å²) in [5, 5.41) is 4.41. The summed E-state index contributed by atoms with van der Waals surface area (Å²) in [5.74, 6) is 1.91. The molecule has 1 heterocycles. The molecule has 2 aromatic carbocycles.